The van der Waals surface area contributed by atoms with Crippen LogP contribution in [-0.4, -0.2) is 38.3 Å². The number of nitrogens with zero attached hydrogens (tertiary/aromatic N) is 1. The lowest BCUT2D eigenvalue weighted by molar-refractivity contribution is -0.144. The van der Waals surface area contributed by atoms with Crippen LogP contribution >= 0.6 is 15.9 Å². The van der Waals surface area contributed by atoms with Gasteiger partial charge in [-0.1, -0.05) is 52.3 Å². The van der Waals surface area contributed by atoms with Crippen LogP contribution in [0.25, 0.3) is 0 Å². The van der Waals surface area contributed by atoms with E-state index in [0.29, 0.717) is 19.5 Å². The Labute approximate surface area is 192 Å². The molecule has 3 rings (SSSR count). The van der Waals surface area contributed by atoms with Gasteiger partial charge in [0, 0.05) is 23.6 Å². The van der Waals surface area contributed by atoms with Crippen molar-refractivity contribution >= 4 is 28.4 Å². The molecule has 0 saturated heterocycles. The fourth-order valence-corrected chi connectivity index (χ4v) is 3.28. The van der Waals surface area contributed by atoms with Gasteiger partial charge in [0.25, 0.3) is 0 Å². The number of alkyl halides is 6. The molecule has 0 aromatic heterocycles. The van der Waals surface area contributed by atoms with Gasteiger partial charge in [-0.25, -0.2) is 0 Å². The summed E-state index contributed by atoms with van der Waals surface area (Å²) in [4.78, 5) is 9.43. The first-order chi connectivity index (χ1) is 14.8. The molecule has 1 atom stereocenters. The normalized spacial score (nSPS) is 13.4. The van der Waals surface area contributed by atoms with Crippen LogP contribution in [0.5, 0.6) is 0 Å². The van der Waals surface area contributed by atoms with Crippen LogP contribution in [0.4, 0.5) is 32.0 Å². The SMILES string of the molecule is C=O.CC(F)(F)F.CC(N1CCc2ccccc21)C(F)(F)F.NCCc1ccccc1Br. The predicted octanol–water partition coefficient (Wildman–Crippen LogP) is 6.33. The first kappa shape index (κ1) is 29.9. The highest BCUT2D eigenvalue weighted by atomic mass is 79.9. The maximum Gasteiger partial charge on any atom is 0.408 e. The molecule has 0 bridgehead atoms. The number of anilines is 1. The summed E-state index contributed by atoms with van der Waals surface area (Å²) in [5.41, 5.74) is 8.42. The van der Waals surface area contributed by atoms with Crippen molar-refractivity contribution in [1.82, 2.24) is 0 Å². The Morgan fingerprint density at radius 1 is 1.03 bits per heavy atom. The van der Waals surface area contributed by atoms with E-state index in [9.17, 15) is 26.3 Å². The van der Waals surface area contributed by atoms with Crippen molar-refractivity contribution < 1.29 is 31.1 Å². The maximum atomic E-state index is 12.6. The maximum absolute atomic E-state index is 12.6. The molecule has 0 aliphatic carbocycles. The van der Waals surface area contributed by atoms with Gasteiger partial charge in [0.2, 0.25) is 0 Å². The molecule has 0 fully saturated rings. The first-order valence-electron chi connectivity index (χ1n) is 9.55. The summed E-state index contributed by atoms with van der Waals surface area (Å²) in [6.45, 7) is 4.57. The minimum Gasteiger partial charge on any atom is -0.359 e. The number of rotatable bonds is 3. The zero-order valence-corrected chi connectivity index (χ0v) is 19.4. The van der Waals surface area contributed by atoms with Gasteiger partial charge < -0.3 is 15.4 Å². The number of para-hydroxylation sites is 1. The Morgan fingerprint density at radius 2 is 1.53 bits per heavy atom. The van der Waals surface area contributed by atoms with Crippen LogP contribution in [0.3, 0.4) is 0 Å². The Morgan fingerprint density at radius 3 is 2.03 bits per heavy atom. The second kappa shape index (κ2) is 14.2. The van der Waals surface area contributed by atoms with Gasteiger partial charge in [-0.05, 0) is 49.6 Å². The van der Waals surface area contributed by atoms with E-state index in [1.54, 1.807) is 12.1 Å². The third-order valence-electron chi connectivity index (χ3n) is 4.24. The van der Waals surface area contributed by atoms with Gasteiger partial charge in [0.05, 0.1) is 0 Å². The monoisotopic (exact) mass is 528 g/mol. The number of fused-ring (bicyclic) bond motifs is 1. The molecule has 2 aromatic rings. The molecule has 1 unspecified atom stereocenters. The van der Waals surface area contributed by atoms with E-state index in [1.807, 2.05) is 37.1 Å². The number of carbonyl (C=O) groups is 1. The first-order valence-corrected chi connectivity index (χ1v) is 10.3. The summed E-state index contributed by atoms with van der Waals surface area (Å²) in [6.07, 6.45) is -6.50. The van der Waals surface area contributed by atoms with Gasteiger partial charge in [0.15, 0.2) is 0 Å². The van der Waals surface area contributed by atoms with Crippen molar-refractivity contribution in [3.05, 3.63) is 64.1 Å². The van der Waals surface area contributed by atoms with Gasteiger partial charge in [-0.15, -0.1) is 0 Å². The van der Waals surface area contributed by atoms with Crippen molar-refractivity contribution in [2.75, 3.05) is 18.0 Å². The van der Waals surface area contributed by atoms with Crippen molar-refractivity contribution in [2.24, 2.45) is 5.73 Å². The fourth-order valence-electron chi connectivity index (χ4n) is 2.80. The molecule has 180 valence electrons. The van der Waals surface area contributed by atoms with Crippen molar-refractivity contribution in [2.45, 2.75) is 45.1 Å². The van der Waals surface area contributed by atoms with Crippen molar-refractivity contribution in [3.8, 4) is 0 Å². The smallest absolute Gasteiger partial charge is 0.359 e. The molecule has 1 aliphatic heterocycles. The molecular weight excluding hydrogens is 502 g/mol. The highest BCUT2D eigenvalue weighted by Gasteiger charge is 2.41. The van der Waals surface area contributed by atoms with E-state index in [4.69, 9.17) is 10.5 Å². The second-order valence-electron chi connectivity index (χ2n) is 6.70. The van der Waals surface area contributed by atoms with Crippen LogP contribution in [0, 0.1) is 0 Å². The number of hydrogen-bond acceptors (Lipinski definition) is 3. The molecule has 1 heterocycles. The number of halogens is 7. The topological polar surface area (TPSA) is 46.3 Å². The van der Waals surface area contributed by atoms with Crippen molar-refractivity contribution in [1.29, 1.82) is 0 Å². The quantitative estimate of drug-likeness (QED) is 0.473. The second-order valence-corrected chi connectivity index (χ2v) is 7.56. The molecule has 0 amide bonds. The molecular formula is C22H27BrF6N2O. The Bertz CT molecular complexity index is 792. The minimum atomic E-state index is -4.16. The van der Waals surface area contributed by atoms with E-state index in [0.717, 1.165) is 22.1 Å². The summed E-state index contributed by atoms with van der Waals surface area (Å²) in [6, 6.07) is 14.0. The highest BCUT2D eigenvalue weighted by Crippen LogP contribution is 2.34. The molecule has 2 N–H and O–H groups in total. The van der Waals surface area contributed by atoms with Crippen LogP contribution in [0.1, 0.15) is 25.0 Å². The fraction of sp³-hybridized carbons (Fsp3) is 0.409. The van der Waals surface area contributed by atoms with E-state index >= 15 is 0 Å². The molecule has 32 heavy (non-hydrogen) atoms. The van der Waals surface area contributed by atoms with Crippen LogP contribution in [0.2, 0.25) is 0 Å². The summed E-state index contributed by atoms with van der Waals surface area (Å²) in [7, 11) is 0. The summed E-state index contributed by atoms with van der Waals surface area (Å²) in [5.74, 6) is 0. The standard InChI is InChI=1S/C11H12F3N.C8H10BrN.C2H3F3.CH2O/c1-8(11(12,13)14)15-7-6-9-4-2-3-5-10(9)15;9-8-4-2-1-3-7(8)5-6-10;1-2(3,4)5;1-2/h2-5,8H,6-7H2,1H3;1-4H,5-6,10H2;1H3;1H2. The third kappa shape index (κ3) is 11.5. The lowest BCUT2D eigenvalue weighted by Crippen LogP contribution is -2.42. The summed E-state index contributed by atoms with van der Waals surface area (Å²) < 4.78 is 69.9. The van der Waals surface area contributed by atoms with Crippen LogP contribution in [-0.2, 0) is 17.6 Å². The Kier molecular flexibility index (Phi) is 13.2. The molecule has 3 nitrogen and oxygen atoms in total. The van der Waals surface area contributed by atoms with E-state index < -0.39 is 18.4 Å². The van der Waals surface area contributed by atoms with E-state index in [1.165, 1.54) is 17.4 Å². The minimum absolute atomic E-state index is 0.188. The Hall–Kier alpha value is -2.07. The zero-order valence-electron chi connectivity index (χ0n) is 17.8. The molecule has 2 aromatic carbocycles. The lowest BCUT2D eigenvalue weighted by atomic mass is 10.2. The van der Waals surface area contributed by atoms with E-state index in [2.05, 4.69) is 22.0 Å². The van der Waals surface area contributed by atoms with Gasteiger partial charge >= 0.3 is 12.4 Å². The van der Waals surface area contributed by atoms with E-state index in [-0.39, 0.29) is 6.92 Å². The van der Waals surface area contributed by atoms with Gasteiger partial charge in [-0.3, -0.25) is 0 Å². The average Bonchev–Trinajstić information content (AvgIpc) is 3.13. The average molecular weight is 529 g/mol. The number of hydrogen-bond donors (Lipinski definition) is 1. The van der Waals surface area contributed by atoms with Crippen LogP contribution < -0.4 is 10.6 Å². The third-order valence-corrected chi connectivity index (χ3v) is 5.01. The largest absolute Gasteiger partial charge is 0.408 e. The zero-order chi connectivity index (χ0) is 24.9. The number of benzene rings is 2. The molecule has 10 heteroatoms. The molecule has 0 spiro atoms. The van der Waals surface area contributed by atoms with Crippen LogP contribution in [0.15, 0.2) is 53.0 Å². The Balaban J connectivity index is 0.000000489. The predicted molar refractivity (Wildman–Crippen MR) is 119 cm³/mol. The summed E-state index contributed by atoms with van der Waals surface area (Å²) in [5, 5.41) is 0. The van der Waals surface area contributed by atoms with Gasteiger partial charge in [0.1, 0.15) is 12.8 Å². The van der Waals surface area contributed by atoms with Gasteiger partial charge in [-0.2, -0.15) is 26.3 Å². The molecule has 0 saturated carbocycles. The lowest BCUT2D eigenvalue weighted by Gasteiger charge is -2.28. The number of nitrogens with two attached hydrogens (primary N) is 1. The molecule has 0 radical (unpaired) electrons. The summed E-state index contributed by atoms with van der Waals surface area (Å²) >= 11 is 3.44. The highest BCUT2D eigenvalue weighted by molar-refractivity contribution is 9.10. The number of carbonyl (C=O) groups excluding carboxylic acids is 1. The molecule has 1 aliphatic rings. The van der Waals surface area contributed by atoms with Crippen molar-refractivity contribution in [3.63, 3.8) is 0 Å².